The van der Waals surface area contributed by atoms with Crippen LogP contribution in [0, 0.1) is 5.92 Å². The maximum Gasteiger partial charge on any atom is 0.200 e. The van der Waals surface area contributed by atoms with E-state index in [9.17, 15) is 9.59 Å². The fourth-order valence-electron chi connectivity index (χ4n) is 1.91. The van der Waals surface area contributed by atoms with E-state index in [1.807, 2.05) is 26.8 Å². The maximum atomic E-state index is 12.2. The molecule has 3 heteroatoms. The minimum absolute atomic E-state index is 0.0162. The minimum Gasteiger partial charge on any atom is -0.297 e. The molecule has 1 aliphatic heterocycles. The molecule has 0 amide bonds. The number of hydrogen-bond donors (Lipinski definition) is 0. The second kappa shape index (κ2) is 5.00. The molecule has 0 saturated carbocycles. The SMILES string of the molecule is C=CC(C)=C[C@@]1(C)SC(=O)C(CCC)C1=O. The van der Waals surface area contributed by atoms with Crippen molar-refractivity contribution in [1.29, 1.82) is 0 Å². The highest BCUT2D eigenvalue weighted by Gasteiger charge is 2.48. The van der Waals surface area contributed by atoms with Gasteiger partial charge in [0.15, 0.2) is 5.78 Å². The van der Waals surface area contributed by atoms with E-state index in [1.165, 1.54) is 0 Å². The summed E-state index contributed by atoms with van der Waals surface area (Å²) in [6.07, 6.45) is 5.08. The van der Waals surface area contributed by atoms with Gasteiger partial charge >= 0.3 is 0 Å². The minimum atomic E-state index is -0.685. The van der Waals surface area contributed by atoms with Crippen LogP contribution in [0.2, 0.25) is 0 Å². The lowest BCUT2D eigenvalue weighted by Gasteiger charge is -2.16. The summed E-state index contributed by atoms with van der Waals surface area (Å²) >= 11 is 1.16. The van der Waals surface area contributed by atoms with Gasteiger partial charge in [-0.1, -0.05) is 49.4 Å². The largest absolute Gasteiger partial charge is 0.297 e. The third-order valence-corrected chi connectivity index (χ3v) is 4.03. The van der Waals surface area contributed by atoms with Crippen LogP contribution in [0.15, 0.2) is 24.3 Å². The number of carbonyl (C=O) groups is 2. The van der Waals surface area contributed by atoms with Gasteiger partial charge in [0.25, 0.3) is 0 Å². The van der Waals surface area contributed by atoms with Crippen LogP contribution in [0.5, 0.6) is 0 Å². The van der Waals surface area contributed by atoms with Crippen molar-refractivity contribution in [3.63, 3.8) is 0 Å². The topological polar surface area (TPSA) is 34.1 Å². The van der Waals surface area contributed by atoms with E-state index in [0.717, 1.165) is 23.8 Å². The average Bonchev–Trinajstić information content (AvgIpc) is 2.42. The molecule has 88 valence electrons. The first-order valence-corrected chi connectivity index (χ1v) is 6.35. The molecule has 0 aromatic heterocycles. The molecule has 1 unspecified atom stereocenters. The number of hydrogen-bond acceptors (Lipinski definition) is 3. The van der Waals surface area contributed by atoms with Crippen molar-refractivity contribution < 1.29 is 9.59 Å². The lowest BCUT2D eigenvalue weighted by molar-refractivity contribution is -0.127. The Balaban J connectivity index is 2.97. The Morgan fingerprint density at radius 1 is 1.56 bits per heavy atom. The second-order valence-corrected chi connectivity index (χ2v) is 5.78. The molecular weight excluding hydrogens is 220 g/mol. The smallest absolute Gasteiger partial charge is 0.200 e. The normalized spacial score (nSPS) is 30.9. The van der Waals surface area contributed by atoms with E-state index in [4.69, 9.17) is 0 Å². The van der Waals surface area contributed by atoms with Crippen molar-refractivity contribution in [2.75, 3.05) is 0 Å². The van der Waals surface area contributed by atoms with Crippen LogP contribution in [-0.4, -0.2) is 15.6 Å². The number of rotatable bonds is 4. The van der Waals surface area contributed by atoms with E-state index in [-0.39, 0.29) is 10.9 Å². The molecule has 16 heavy (non-hydrogen) atoms. The van der Waals surface area contributed by atoms with Crippen LogP contribution in [0.25, 0.3) is 0 Å². The highest BCUT2D eigenvalue weighted by Crippen LogP contribution is 2.42. The van der Waals surface area contributed by atoms with Crippen LogP contribution < -0.4 is 0 Å². The van der Waals surface area contributed by atoms with E-state index >= 15 is 0 Å². The molecule has 1 heterocycles. The highest BCUT2D eigenvalue weighted by atomic mass is 32.2. The molecule has 0 aromatic carbocycles. The van der Waals surface area contributed by atoms with Gasteiger partial charge in [0.05, 0.1) is 10.7 Å². The molecule has 1 saturated heterocycles. The third-order valence-electron chi connectivity index (χ3n) is 2.81. The van der Waals surface area contributed by atoms with Crippen LogP contribution >= 0.6 is 11.8 Å². The zero-order chi connectivity index (χ0) is 12.3. The molecule has 0 bridgehead atoms. The van der Waals surface area contributed by atoms with Gasteiger partial charge in [0, 0.05) is 0 Å². The van der Waals surface area contributed by atoms with Gasteiger partial charge in [-0.05, 0) is 20.3 Å². The Hall–Kier alpha value is -0.830. The standard InChI is InChI=1S/C13H18O2S/c1-5-7-10-11(14)13(4,16-12(10)15)8-9(3)6-2/h6,8,10H,2,5,7H2,1,3-4H3/t10?,13-/m1/s1. The monoisotopic (exact) mass is 238 g/mol. The van der Waals surface area contributed by atoms with E-state index in [0.29, 0.717) is 6.42 Å². The van der Waals surface area contributed by atoms with Gasteiger partial charge in [-0.15, -0.1) is 0 Å². The molecule has 0 aliphatic carbocycles. The Bertz CT molecular complexity index is 357. The summed E-state index contributed by atoms with van der Waals surface area (Å²) in [7, 11) is 0. The highest BCUT2D eigenvalue weighted by molar-refractivity contribution is 8.16. The molecule has 1 aliphatic rings. The fourth-order valence-corrected chi connectivity index (χ4v) is 3.19. The van der Waals surface area contributed by atoms with E-state index < -0.39 is 10.7 Å². The Morgan fingerprint density at radius 2 is 2.19 bits per heavy atom. The van der Waals surface area contributed by atoms with E-state index in [1.54, 1.807) is 6.08 Å². The van der Waals surface area contributed by atoms with Crippen molar-refractivity contribution in [3.8, 4) is 0 Å². The quantitative estimate of drug-likeness (QED) is 0.557. The van der Waals surface area contributed by atoms with Crippen LogP contribution in [0.1, 0.15) is 33.6 Å². The molecule has 0 N–H and O–H groups in total. The number of allylic oxidation sites excluding steroid dienone is 2. The van der Waals surface area contributed by atoms with Crippen LogP contribution in [-0.2, 0) is 9.59 Å². The molecule has 1 rings (SSSR count). The van der Waals surface area contributed by atoms with E-state index in [2.05, 4.69) is 6.58 Å². The average molecular weight is 238 g/mol. The van der Waals surface area contributed by atoms with Gasteiger partial charge in [-0.3, -0.25) is 9.59 Å². The zero-order valence-corrected chi connectivity index (χ0v) is 10.9. The Labute approximate surface area is 101 Å². The van der Waals surface area contributed by atoms with Gasteiger partial charge in [-0.25, -0.2) is 0 Å². The molecule has 0 aromatic rings. The summed E-state index contributed by atoms with van der Waals surface area (Å²) in [4.78, 5) is 23.9. The summed E-state index contributed by atoms with van der Waals surface area (Å²) in [5.41, 5.74) is 0.938. The summed E-state index contributed by atoms with van der Waals surface area (Å²) in [5.74, 6) is -0.362. The predicted octanol–water partition coefficient (Wildman–Crippen LogP) is 3.14. The van der Waals surface area contributed by atoms with Crippen molar-refractivity contribution >= 4 is 22.7 Å². The summed E-state index contributed by atoms with van der Waals surface area (Å²) in [6.45, 7) is 9.36. The predicted molar refractivity (Wildman–Crippen MR) is 68.4 cm³/mol. The van der Waals surface area contributed by atoms with Crippen molar-refractivity contribution in [3.05, 3.63) is 24.3 Å². The van der Waals surface area contributed by atoms with Crippen molar-refractivity contribution in [1.82, 2.24) is 0 Å². The number of Topliss-reactive ketones (excluding diaryl/α,β-unsaturated/α-hetero) is 1. The van der Waals surface area contributed by atoms with Gasteiger partial charge in [0.1, 0.15) is 0 Å². The van der Waals surface area contributed by atoms with Gasteiger partial charge < -0.3 is 0 Å². The molecule has 2 nitrogen and oxygen atoms in total. The van der Waals surface area contributed by atoms with Gasteiger partial charge in [0.2, 0.25) is 5.12 Å². The third kappa shape index (κ3) is 2.46. The number of ketones is 1. The Morgan fingerprint density at radius 3 is 2.69 bits per heavy atom. The first-order chi connectivity index (χ1) is 7.44. The summed E-state index contributed by atoms with van der Waals surface area (Å²) in [5, 5.41) is 0.0162. The van der Waals surface area contributed by atoms with Gasteiger partial charge in [-0.2, -0.15) is 0 Å². The lowest BCUT2D eigenvalue weighted by Crippen LogP contribution is -2.28. The molecular formula is C13H18O2S. The van der Waals surface area contributed by atoms with Crippen molar-refractivity contribution in [2.45, 2.75) is 38.4 Å². The lowest BCUT2D eigenvalue weighted by atomic mass is 9.90. The molecule has 0 spiro atoms. The first kappa shape index (κ1) is 13.2. The fraction of sp³-hybridized carbons (Fsp3) is 0.538. The molecule has 1 fully saturated rings. The van der Waals surface area contributed by atoms with Crippen LogP contribution in [0.4, 0.5) is 0 Å². The first-order valence-electron chi connectivity index (χ1n) is 5.53. The Kier molecular flexibility index (Phi) is 4.14. The van der Waals surface area contributed by atoms with Crippen molar-refractivity contribution in [2.24, 2.45) is 5.92 Å². The zero-order valence-electron chi connectivity index (χ0n) is 10.1. The second-order valence-electron chi connectivity index (χ2n) is 4.33. The number of carbonyl (C=O) groups excluding carboxylic acids is 2. The number of thioether (sulfide) groups is 1. The summed E-state index contributed by atoms with van der Waals surface area (Å²) < 4.78 is -0.685. The maximum absolute atomic E-state index is 12.2. The molecule has 0 radical (unpaired) electrons. The van der Waals surface area contributed by atoms with Crippen LogP contribution in [0.3, 0.4) is 0 Å². The molecule has 2 atom stereocenters. The summed E-state index contributed by atoms with van der Waals surface area (Å²) in [6, 6.07) is 0.